The maximum absolute atomic E-state index is 5.10. The van der Waals surface area contributed by atoms with Gasteiger partial charge in [0.2, 0.25) is 0 Å². The molecule has 0 unspecified atom stereocenters. The van der Waals surface area contributed by atoms with Crippen LogP contribution < -0.4 is 5.32 Å². The predicted octanol–water partition coefficient (Wildman–Crippen LogP) is 4.84. The van der Waals surface area contributed by atoms with Gasteiger partial charge >= 0.3 is 0 Å². The summed E-state index contributed by atoms with van der Waals surface area (Å²) in [7, 11) is 0. The lowest BCUT2D eigenvalue weighted by Crippen LogP contribution is -2.44. The van der Waals surface area contributed by atoms with Crippen molar-refractivity contribution in [3.8, 4) is 0 Å². The van der Waals surface area contributed by atoms with Gasteiger partial charge < -0.3 is 5.32 Å². The number of aliphatic imine (C=N–C) groups is 1. The molecule has 1 fully saturated rings. The maximum Gasteiger partial charge on any atom is 0.157 e. The molecule has 0 aromatic rings. The molecule has 116 valence electrons. The minimum Gasteiger partial charge on any atom is -0.360 e. The van der Waals surface area contributed by atoms with Crippen molar-refractivity contribution in [2.24, 2.45) is 16.3 Å². The van der Waals surface area contributed by atoms with Crippen molar-refractivity contribution >= 4 is 16.9 Å². The van der Waals surface area contributed by atoms with Crippen molar-refractivity contribution in [1.82, 2.24) is 5.32 Å². The Labute approximate surface area is 129 Å². The third-order valence-corrected chi connectivity index (χ3v) is 5.59. The molecule has 0 saturated heterocycles. The average molecular weight is 297 g/mol. The topological polar surface area (TPSA) is 24.4 Å². The van der Waals surface area contributed by atoms with Gasteiger partial charge in [-0.1, -0.05) is 39.5 Å². The zero-order valence-electron chi connectivity index (χ0n) is 14.2. The highest BCUT2D eigenvalue weighted by Crippen LogP contribution is 2.41. The van der Waals surface area contributed by atoms with Crippen LogP contribution in [-0.2, 0) is 0 Å². The molecule has 3 heteroatoms. The quantitative estimate of drug-likeness (QED) is 0.788. The van der Waals surface area contributed by atoms with Gasteiger partial charge in [-0.2, -0.15) is 0 Å². The zero-order chi connectivity index (χ0) is 15.0. The monoisotopic (exact) mass is 296 g/mol. The lowest BCUT2D eigenvalue weighted by Gasteiger charge is -2.34. The Balaban J connectivity index is 1.97. The van der Waals surface area contributed by atoms with Crippen LogP contribution in [0.1, 0.15) is 73.6 Å². The smallest absolute Gasteiger partial charge is 0.157 e. The van der Waals surface area contributed by atoms with E-state index in [0.717, 1.165) is 12.3 Å². The number of nitrogens with zero attached hydrogens (tertiary/aromatic N) is 1. The molecule has 2 rings (SSSR count). The van der Waals surface area contributed by atoms with Gasteiger partial charge in [-0.05, 0) is 57.3 Å². The summed E-state index contributed by atoms with van der Waals surface area (Å²) in [5, 5.41) is 4.90. The van der Waals surface area contributed by atoms with E-state index in [2.05, 4.69) is 46.9 Å². The van der Waals surface area contributed by atoms with E-state index in [4.69, 9.17) is 4.99 Å². The van der Waals surface area contributed by atoms with Gasteiger partial charge in [0.15, 0.2) is 5.17 Å². The SMILES string of the molecule is CC1CCC2(CC1)CSC(NC(C)(C)CC(C)(C)C)=N2. The molecule has 0 atom stereocenters. The van der Waals surface area contributed by atoms with E-state index >= 15 is 0 Å². The van der Waals surface area contributed by atoms with E-state index in [1.165, 1.54) is 36.6 Å². The Morgan fingerprint density at radius 2 is 1.80 bits per heavy atom. The molecular formula is C17H32N2S. The first-order chi connectivity index (χ1) is 9.09. The Hall–Kier alpha value is -0.180. The Morgan fingerprint density at radius 3 is 2.35 bits per heavy atom. The van der Waals surface area contributed by atoms with Crippen LogP contribution in [0.2, 0.25) is 0 Å². The van der Waals surface area contributed by atoms with Crippen molar-refractivity contribution in [3.05, 3.63) is 0 Å². The molecule has 1 heterocycles. The minimum atomic E-state index is 0.123. The fourth-order valence-electron chi connectivity index (χ4n) is 3.76. The van der Waals surface area contributed by atoms with Crippen molar-refractivity contribution < 1.29 is 0 Å². The van der Waals surface area contributed by atoms with Gasteiger partial charge in [0.05, 0.1) is 5.54 Å². The maximum atomic E-state index is 5.10. The second-order valence-corrected chi connectivity index (χ2v) is 9.82. The molecule has 2 nitrogen and oxygen atoms in total. The first kappa shape index (κ1) is 16.2. The third kappa shape index (κ3) is 4.41. The molecule has 1 aliphatic heterocycles. The van der Waals surface area contributed by atoms with Crippen molar-refractivity contribution in [3.63, 3.8) is 0 Å². The van der Waals surface area contributed by atoms with Gasteiger partial charge in [-0.3, -0.25) is 4.99 Å². The molecule has 0 radical (unpaired) electrons. The summed E-state index contributed by atoms with van der Waals surface area (Å²) in [6, 6.07) is 0. The van der Waals surface area contributed by atoms with E-state index in [9.17, 15) is 0 Å². The van der Waals surface area contributed by atoms with Gasteiger partial charge in [0.1, 0.15) is 0 Å². The van der Waals surface area contributed by atoms with Crippen LogP contribution in [0.25, 0.3) is 0 Å². The first-order valence-electron chi connectivity index (χ1n) is 8.10. The van der Waals surface area contributed by atoms with Crippen LogP contribution in [0, 0.1) is 11.3 Å². The lowest BCUT2D eigenvalue weighted by atomic mass is 9.79. The summed E-state index contributed by atoms with van der Waals surface area (Å²) >= 11 is 1.94. The molecule has 1 saturated carbocycles. The van der Waals surface area contributed by atoms with Gasteiger partial charge in [0, 0.05) is 11.3 Å². The summed E-state index contributed by atoms with van der Waals surface area (Å²) in [6.45, 7) is 13.9. The zero-order valence-corrected chi connectivity index (χ0v) is 15.0. The number of hydrogen-bond acceptors (Lipinski definition) is 3. The van der Waals surface area contributed by atoms with Gasteiger partial charge in [0.25, 0.3) is 0 Å². The summed E-state index contributed by atoms with van der Waals surface area (Å²) in [4.78, 5) is 5.10. The molecule has 0 aromatic carbocycles. The molecule has 0 bridgehead atoms. The average Bonchev–Trinajstić information content (AvgIpc) is 2.62. The van der Waals surface area contributed by atoms with Crippen LogP contribution in [-0.4, -0.2) is 22.0 Å². The molecule has 0 aromatic heterocycles. The summed E-state index contributed by atoms with van der Waals surface area (Å²) < 4.78 is 0. The van der Waals surface area contributed by atoms with E-state index in [1.54, 1.807) is 0 Å². The molecular weight excluding hydrogens is 264 g/mol. The highest BCUT2D eigenvalue weighted by Gasteiger charge is 2.39. The molecule has 1 N–H and O–H groups in total. The summed E-state index contributed by atoms with van der Waals surface area (Å²) in [5.41, 5.74) is 0.729. The highest BCUT2D eigenvalue weighted by molar-refractivity contribution is 8.14. The minimum absolute atomic E-state index is 0.123. The molecule has 0 amide bonds. The molecule has 1 spiro atoms. The fraction of sp³-hybridized carbons (Fsp3) is 0.941. The Bertz CT molecular complexity index is 371. The fourth-order valence-corrected chi connectivity index (χ4v) is 5.13. The number of nitrogens with one attached hydrogen (secondary N) is 1. The van der Waals surface area contributed by atoms with Crippen LogP contribution in [0.3, 0.4) is 0 Å². The predicted molar refractivity (Wildman–Crippen MR) is 91.5 cm³/mol. The summed E-state index contributed by atoms with van der Waals surface area (Å²) in [6.07, 6.45) is 6.42. The molecule has 1 aliphatic carbocycles. The van der Waals surface area contributed by atoms with Crippen LogP contribution in [0.5, 0.6) is 0 Å². The summed E-state index contributed by atoms with van der Waals surface area (Å²) in [5.74, 6) is 2.09. The van der Waals surface area contributed by atoms with Crippen molar-refractivity contribution in [2.45, 2.75) is 84.7 Å². The lowest BCUT2D eigenvalue weighted by molar-refractivity contribution is 0.263. The number of rotatable bonds is 2. The highest BCUT2D eigenvalue weighted by atomic mass is 32.2. The Kier molecular flexibility index (Phi) is 4.49. The largest absolute Gasteiger partial charge is 0.360 e. The number of amidine groups is 1. The molecule has 20 heavy (non-hydrogen) atoms. The van der Waals surface area contributed by atoms with Crippen molar-refractivity contribution in [2.75, 3.05) is 5.75 Å². The van der Waals surface area contributed by atoms with Crippen molar-refractivity contribution in [1.29, 1.82) is 0 Å². The Morgan fingerprint density at radius 1 is 1.20 bits per heavy atom. The van der Waals surface area contributed by atoms with Crippen LogP contribution in [0.15, 0.2) is 4.99 Å². The van der Waals surface area contributed by atoms with Crippen LogP contribution >= 0.6 is 11.8 Å². The number of hydrogen-bond donors (Lipinski definition) is 1. The van der Waals surface area contributed by atoms with E-state index < -0.39 is 0 Å². The second kappa shape index (κ2) is 5.55. The first-order valence-corrected chi connectivity index (χ1v) is 9.09. The third-order valence-electron chi connectivity index (χ3n) is 4.44. The second-order valence-electron chi connectivity index (χ2n) is 8.86. The normalized spacial score (nSPS) is 31.5. The molecule has 2 aliphatic rings. The van der Waals surface area contributed by atoms with Gasteiger partial charge in [-0.25, -0.2) is 0 Å². The van der Waals surface area contributed by atoms with E-state index in [0.29, 0.717) is 5.41 Å². The number of thioether (sulfide) groups is 1. The van der Waals surface area contributed by atoms with E-state index in [-0.39, 0.29) is 11.1 Å². The van der Waals surface area contributed by atoms with Crippen LogP contribution in [0.4, 0.5) is 0 Å². The van der Waals surface area contributed by atoms with E-state index in [1.807, 2.05) is 11.8 Å². The standard InChI is InChI=1S/C17H32N2S/c1-13-7-9-17(10-8-13)12-20-14(19-17)18-16(5,6)11-15(2,3)4/h13H,7-12H2,1-6H3,(H,18,19). The van der Waals surface area contributed by atoms with Gasteiger partial charge in [-0.15, -0.1) is 0 Å².